The van der Waals surface area contributed by atoms with Crippen LogP contribution in [-0.4, -0.2) is 25.7 Å². The van der Waals surface area contributed by atoms with Crippen LogP contribution in [0.3, 0.4) is 0 Å². The van der Waals surface area contributed by atoms with E-state index in [1.54, 1.807) is 0 Å². The fourth-order valence-electron chi connectivity index (χ4n) is 1.25. The first-order valence-corrected chi connectivity index (χ1v) is 5.18. The van der Waals surface area contributed by atoms with Crippen molar-refractivity contribution in [2.24, 2.45) is 5.73 Å². The van der Waals surface area contributed by atoms with Gasteiger partial charge in [0.2, 0.25) is 0 Å². The second-order valence-corrected chi connectivity index (χ2v) is 3.44. The molecule has 1 rings (SSSR count). The van der Waals surface area contributed by atoms with Crippen LogP contribution in [0.4, 0.5) is 0 Å². The smallest absolute Gasteiger partial charge is 0.308 e. The Morgan fingerprint density at radius 3 is 2.62 bits per heavy atom. The van der Waals surface area contributed by atoms with Crippen molar-refractivity contribution < 1.29 is 14.3 Å². The molecule has 0 aliphatic heterocycles. The number of benzene rings is 1. The molecule has 88 valence electrons. The number of ether oxygens (including phenoxy) is 2. The normalized spacial score (nSPS) is 12.1. The van der Waals surface area contributed by atoms with Gasteiger partial charge in [-0.1, -0.05) is 30.3 Å². The Labute approximate surface area is 95.3 Å². The molecule has 0 saturated carbocycles. The maximum absolute atomic E-state index is 11.4. The van der Waals surface area contributed by atoms with Gasteiger partial charge in [-0.05, 0) is 5.56 Å². The van der Waals surface area contributed by atoms with E-state index < -0.39 is 0 Å². The molecule has 0 fully saturated rings. The van der Waals surface area contributed by atoms with Gasteiger partial charge in [-0.2, -0.15) is 0 Å². The largest absolute Gasteiger partial charge is 0.461 e. The molecule has 0 aliphatic rings. The van der Waals surface area contributed by atoms with Crippen LogP contribution in [0.15, 0.2) is 30.3 Å². The molecule has 0 heterocycles. The Kier molecular flexibility index (Phi) is 5.53. The van der Waals surface area contributed by atoms with E-state index in [9.17, 15) is 4.79 Å². The van der Waals surface area contributed by atoms with Crippen molar-refractivity contribution >= 4 is 5.97 Å². The second-order valence-electron chi connectivity index (χ2n) is 3.44. The van der Waals surface area contributed by atoms with Crippen LogP contribution in [0, 0.1) is 0 Å². The van der Waals surface area contributed by atoms with Crippen LogP contribution < -0.4 is 5.73 Å². The zero-order valence-corrected chi connectivity index (χ0v) is 9.39. The number of carbonyl (C=O) groups is 1. The van der Waals surface area contributed by atoms with Gasteiger partial charge in [0.05, 0.1) is 12.5 Å². The SMILES string of the molecule is COC(CN)CC(=O)OCc1ccccc1. The van der Waals surface area contributed by atoms with E-state index in [0.717, 1.165) is 5.56 Å². The summed E-state index contributed by atoms with van der Waals surface area (Å²) >= 11 is 0. The molecule has 0 spiro atoms. The van der Waals surface area contributed by atoms with Crippen LogP contribution in [0.5, 0.6) is 0 Å². The average molecular weight is 223 g/mol. The van der Waals surface area contributed by atoms with Crippen LogP contribution in [0.1, 0.15) is 12.0 Å². The molecular weight excluding hydrogens is 206 g/mol. The average Bonchev–Trinajstić information content (AvgIpc) is 2.34. The quantitative estimate of drug-likeness (QED) is 0.733. The van der Waals surface area contributed by atoms with Crippen molar-refractivity contribution in [3.05, 3.63) is 35.9 Å². The van der Waals surface area contributed by atoms with Crippen molar-refractivity contribution in [3.8, 4) is 0 Å². The highest BCUT2D eigenvalue weighted by Crippen LogP contribution is 2.03. The van der Waals surface area contributed by atoms with Gasteiger partial charge in [0, 0.05) is 13.7 Å². The summed E-state index contributed by atoms with van der Waals surface area (Å²) in [5.74, 6) is -0.291. The molecule has 1 unspecified atom stereocenters. The van der Waals surface area contributed by atoms with Crippen LogP contribution >= 0.6 is 0 Å². The minimum absolute atomic E-state index is 0.194. The third-order valence-electron chi connectivity index (χ3n) is 2.23. The molecule has 4 heteroatoms. The highest BCUT2D eigenvalue weighted by molar-refractivity contribution is 5.70. The number of hydrogen-bond donors (Lipinski definition) is 1. The molecule has 4 nitrogen and oxygen atoms in total. The predicted octanol–water partition coefficient (Wildman–Crippen LogP) is 1.09. The standard InChI is InChI=1S/C12H17NO3/c1-15-11(8-13)7-12(14)16-9-10-5-3-2-4-6-10/h2-6,11H,7-9,13H2,1H3. The second kappa shape index (κ2) is 6.98. The van der Waals surface area contributed by atoms with E-state index in [4.69, 9.17) is 15.2 Å². The van der Waals surface area contributed by atoms with Crippen molar-refractivity contribution in [2.45, 2.75) is 19.1 Å². The molecule has 0 bridgehead atoms. The Hall–Kier alpha value is -1.39. The Bertz CT molecular complexity index is 309. The maximum atomic E-state index is 11.4. The number of esters is 1. The monoisotopic (exact) mass is 223 g/mol. The highest BCUT2D eigenvalue weighted by atomic mass is 16.5. The van der Waals surface area contributed by atoms with E-state index >= 15 is 0 Å². The van der Waals surface area contributed by atoms with E-state index in [-0.39, 0.29) is 18.5 Å². The Balaban J connectivity index is 2.30. The Morgan fingerprint density at radius 1 is 1.38 bits per heavy atom. The number of rotatable bonds is 6. The van der Waals surface area contributed by atoms with E-state index in [1.807, 2.05) is 30.3 Å². The summed E-state index contributed by atoms with van der Waals surface area (Å²) in [6.45, 7) is 0.609. The van der Waals surface area contributed by atoms with Gasteiger partial charge in [0.15, 0.2) is 0 Å². The molecule has 0 amide bonds. The predicted molar refractivity (Wildman–Crippen MR) is 60.7 cm³/mol. The van der Waals surface area contributed by atoms with Gasteiger partial charge >= 0.3 is 5.97 Å². The zero-order valence-electron chi connectivity index (χ0n) is 9.39. The van der Waals surface area contributed by atoms with Crippen molar-refractivity contribution in [2.75, 3.05) is 13.7 Å². The number of hydrogen-bond acceptors (Lipinski definition) is 4. The van der Waals surface area contributed by atoms with E-state index in [1.165, 1.54) is 7.11 Å². The van der Waals surface area contributed by atoms with Crippen molar-refractivity contribution in [3.63, 3.8) is 0 Å². The Morgan fingerprint density at radius 2 is 2.06 bits per heavy atom. The van der Waals surface area contributed by atoms with Gasteiger partial charge in [-0.25, -0.2) is 0 Å². The van der Waals surface area contributed by atoms with Crippen LogP contribution in [0.2, 0.25) is 0 Å². The van der Waals surface area contributed by atoms with Gasteiger partial charge in [0.1, 0.15) is 6.61 Å². The van der Waals surface area contributed by atoms with Crippen LogP contribution in [0.25, 0.3) is 0 Å². The van der Waals surface area contributed by atoms with E-state index in [2.05, 4.69) is 0 Å². The molecule has 1 aromatic carbocycles. The molecule has 16 heavy (non-hydrogen) atoms. The van der Waals surface area contributed by atoms with Gasteiger partial charge in [-0.3, -0.25) is 4.79 Å². The fraction of sp³-hybridized carbons (Fsp3) is 0.417. The molecule has 0 saturated heterocycles. The summed E-state index contributed by atoms with van der Waals surface area (Å²) in [5, 5.41) is 0. The lowest BCUT2D eigenvalue weighted by Crippen LogP contribution is -2.26. The molecule has 0 aromatic heterocycles. The lowest BCUT2D eigenvalue weighted by molar-refractivity contribution is -0.147. The molecule has 1 atom stereocenters. The van der Waals surface area contributed by atoms with Gasteiger partial charge < -0.3 is 15.2 Å². The zero-order chi connectivity index (χ0) is 11.8. The summed E-state index contributed by atoms with van der Waals surface area (Å²) in [5.41, 5.74) is 6.38. The minimum atomic E-state index is -0.291. The fourth-order valence-corrected chi connectivity index (χ4v) is 1.25. The summed E-state index contributed by atoms with van der Waals surface area (Å²) in [7, 11) is 1.53. The molecule has 0 aliphatic carbocycles. The molecule has 1 aromatic rings. The summed E-state index contributed by atoms with van der Waals surface area (Å²) in [4.78, 5) is 11.4. The molecule has 2 N–H and O–H groups in total. The van der Waals surface area contributed by atoms with Gasteiger partial charge in [0.25, 0.3) is 0 Å². The third-order valence-corrected chi connectivity index (χ3v) is 2.23. The first kappa shape index (κ1) is 12.7. The number of methoxy groups -OCH3 is 1. The maximum Gasteiger partial charge on any atom is 0.308 e. The summed E-state index contributed by atoms with van der Waals surface area (Å²) in [6, 6.07) is 9.54. The van der Waals surface area contributed by atoms with Crippen LogP contribution in [-0.2, 0) is 20.9 Å². The van der Waals surface area contributed by atoms with E-state index in [0.29, 0.717) is 13.2 Å². The summed E-state index contributed by atoms with van der Waals surface area (Å²) < 4.78 is 10.1. The molecule has 0 radical (unpaired) electrons. The highest BCUT2D eigenvalue weighted by Gasteiger charge is 2.12. The lowest BCUT2D eigenvalue weighted by Gasteiger charge is -2.11. The van der Waals surface area contributed by atoms with Gasteiger partial charge in [-0.15, -0.1) is 0 Å². The third kappa shape index (κ3) is 4.42. The van der Waals surface area contributed by atoms with Crippen molar-refractivity contribution in [1.29, 1.82) is 0 Å². The molecular formula is C12H17NO3. The topological polar surface area (TPSA) is 61.5 Å². The first-order chi connectivity index (χ1) is 7.76. The number of carbonyl (C=O) groups excluding carboxylic acids is 1. The number of nitrogens with two attached hydrogens (primary N) is 1. The minimum Gasteiger partial charge on any atom is -0.461 e. The van der Waals surface area contributed by atoms with Crippen molar-refractivity contribution in [1.82, 2.24) is 0 Å². The first-order valence-electron chi connectivity index (χ1n) is 5.18. The summed E-state index contributed by atoms with van der Waals surface area (Å²) in [6.07, 6.45) is -0.0666. The lowest BCUT2D eigenvalue weighted by atomic mass is 10.2.